The molecule has 0 saturated carbocycles. The van der Waals surface area contributed by atoms with Crippen LogP contribution in [0.15, 0.2) is 42.5 Å². The van der Waals surface area contributed by atoms with Gasteiger partial charge in [0, 0.05) is 0 Å². The van der Waals surface area contributed by atoms with E-state index in [0.29, 0.717) is 36.0 Å². The number of carbonyl (C=O) groups is 1. The normalized spacial score (nSPS) is 11.2. The summed E-state index contributed by atoms with van der Waals surface area (Å²) in [7, 11) is 1.58. The molecule has 0 heterocycles. The highest BCUT2D eigenvalue weighted by atomic mass is 16.5. The Bertz CT molecular complexity index is 809. The van der Waals surface area contributed by atoms with Gasteiger partial charge in [0.25, 0.3) is 0 Å². The Kier molecular flexibility index (Phi) is 9.09. The quantitative estimate of drug-likeness (QED) is 0.283. The largest absolute Gasteiger partial charge is 0.497 e. The van der Waals surface area contributed by atoms with Crippen LogP contribution < -0.4 is 14.2 Å². The maximum atomic E-state index is 11.8. The minimum Gasteiger partial charge on any atom is -0.497 e. The second-order valence-electron chi connectivity index (χ2n) is 6.64. The standard InChI is InChI=1S/C24H30O5/c1-4-6-7-8-15-29-22-14-9-18(17-23(22)28-5-2)16-21(24(25)26)19-10-12-20(27-3)13-11-19/h9-14,16-17H,4-8,15H2,1-3H3,(H,25,26)/b21-16-. The molecule has 0 spiro atoms. The average molecular weight is 398 g/mol. The van der Waals surface area contributed by atoms with E-state index in [9.17, 15) is 9.90 Å². The molecule has 0 bridgehead atoms. The van der Waals surface area contributed by atoms with Gasteiger partial charge < -0.3 is 19.3 Å². The monoisotopic (exact) mass is 398 g/mol. The molecule has 0 fully saturated rings. The summed E-state index contributed by atoms with van der Waals surface area (Å²) >= 11 is 0. The van der Waals surface area contributed by atoms with Crippen LogP contribution in [0.2, 0.25) is 0 Å². The van der Waals surface area contributed by atoms with Gasteiger partial charge in [-0.05, 0) is 54.8 Å². The van der Waals surface area contributed by atoms with Gasteiger partial charge in [-0.2, -0.15) is 0 Å². The highest BCUT2D eigenvalue weighted by Gasteiger charge is 2.12. The van der Waals surface area contributed by atoms with Gasteiger partial charge in [-0.15, -0.1) is 0 Å². The van der Waals surface area contributed by atoms with Crippen LogP contribution in [-0.2, 0) is 4.79 Å². The fourth-order valence-electron chi connectivity index (χ4n) is 2.92. The first-order valence-electron chi connectivity index (χ1n) is 10.1. The van der Waals surface area contributed by atoms with Crippen molar-refractivity contribution < 1.29 is 24.1 Å². The Labute approximate surface area is 172 Å². The molecule has 5 heteroatoms. The molecule has 0 aliphatic rings. The van der Waals surface area contributed by atoms with Crippen LogP contribution in [0.25, 0.3) is 11.6 Å². The van der Waals surface area contributed by atoms with Gasteiger partial charge >= 0.3 is 5.97 Å². The van der Waals surface area contributed by atoms with E-state index >= 15 is 0 Å². The number of unbranched alkanes of at least 4 members (excludes halogenated alkanes) is 3. The zero-order chi connectivity index (χ0) is 21.1. The van der Waals surface area contributed by atoms with E-state index in [1.165, 1.54) is 12.8 Å². The first-order valence-corrected chi connectivity index (χ1v) is 10.1. The predicted molar refractivity (Wildman–Crippen MR) is 116 cm³/mol. The molecular formula is C24H30O5. The number of rotatable bonds is 12. The number of ether oxygens (including phenoxy) is 3. The molecule has 0 aromatic heterocycles. The summed E-state index contributed by atoms with van der Waals surface area (Å²) in [5.41, 5.74) is 1.54. The number of hydrogen-bond acceptors (Lipinski definition) is 4. The zero-order valence-electron chi connectivity index (χ0n) is 17.4. The van der Waals surface area contributed by atoms with Gasteiger partial charge in [-0.1, -0.05) is 44.4 Å². The van der Waals surface area contributed by atoms with Crippen molar-refractivity contribution in [3.63, 3.8) is 0 Å². The molecular weight excluding hydrogens is 368 g/mol. The van der Waals surface area contributed by atoms with E-state index in [0.717, 1.165) is 18.4 Å². The molecule has 5 nitrogen and oxygen atoms in total. The Hall–Kier alpha value is -2.95. The predicted octanol–water partition coefficient (Wildman–Crippen LogP) is 5.68. The Balaban J connectivity index is 2.24. The lowest BCUT2D eigenvalue weighted by molar-refractivity contribution is -0.130. The summed E-state index contributed by atoms with van der Waals surface area (Å²) < 4.78 is 16.7. The minimum atomic E-state index is -0.996. The van der Waals surface area contributed by atoms with Crippen molar-refractivity contribution in [2.24, 2.45) is 0 Å². The first kappa shape index (κ1) is 22.3. The molecule has 0 unspecified atom stereocenters. The van der Waals surface area contributed by atoms with Gasteiger partial charge in [0.15, 0.2) is 11.5 Å². The second kappa shape index (κ2) is 11.8. The fraction of sp³-hybridized carbons (Fsp3) is 0.375. The molecule has 0 atom stereocenters. The van der Waals surface area contributed by atoms with Crippen LogP contribution in [-0.4, -0.2) is 31.4 Å². The second-order valence-corrected chi connectivity index (χ2v) is 6.64. The van der Waals surface area contributed by atoms with Crippen molar-refractivity contribution in [2.75, 3.05) is 20.3 Å². The van der Waals surface area contributed by atoms with Crippen LogP contribution >= 0.6 is 0 Å². The highest BCUT2D eigenvalue weighted by molar-refractivity contribution is 6.20. The van der Waals surface area contributed by atoms with Crippen molar-refractivity contribution in [3.8, 4) is 17.2 Å². The van der Waals surface area contributed by atoms with Crippen LogP contribution in [0.5, 0.6) is 17.2 Å². The van der Waals surface area contributed by atoms with Gasteiger partial charge in [0.1, 0.15) is 5.75 Å². The highest BCUT2D eigenvalue weighted by Crippen LogP contribution is 2.31. The van der Waals surface area contributed by atoms with Gasteiger partial charge in [0.2, 0.25) is 0 Å². The van der Waals surface area contributed by atoms with E-state index < -0.39 is 5.97 Å². The summed E-state index contributed by atoms with van der Waals surface area (Å²) in [5.74, 6) is 0.986. The molecule has 156 valence electrons. The number of carboxylic acids is 1. The van der Waals surface area contributed by atoms with Crippen LogP contribution in [0.4, 0.5) is 0 Å². The molecule has 2 aromatic rings. The first-order chi connectivity index (χ1) is 14.1. The summed E-state index contributed by atoms with van der Waals surface area (Å²) in [6.07, 6.45) is 6.17. The molecule has 0 aliphatic carbocycles. The average Bonchev–Trinajstić information content (AvgIpc) is 2.73. The van der Waals surface area contributed by atoms with Crippen LogP contribution in [0, 0.1) is 0 Å². The van der Waals surface area contributed by atoms with Crippen molar-refractivity contribution in [1.82, 2.24) is 0 Å². The van der Waals surface area contributed by atoms with E-state index in [4.69, 9.17) is 14.2 Å². The van der Waals surface area contributed by atoms with E-state index in [1.54, 1.807) is 37.5 Å². The molecule has 0 radical (unpaired) electrons. The van der Waals surface area contributed by atoms with E-state index in [1.807, 2.05) is 25.1 Å². The molecule has 2 rings (SSSR count). The molecule has 0 saturated heterocycles. The Morgan fingerprint density at radius 2 is 1.72 bits per heavy atom. The van der Waals surface area contributed by atoms with Gasteiger partial charge in [-0.3, -0.25) is 0 Å². The van der Waals surface area contributed by atoms with Crippen LogP contribution in [0.3, 0.4) is 0 Å². The van der Waals surface area contributed by atoms with Crippen molar-refractivity contribution in [2.45, 2.75) is 39.5 Å². The number of carboxylic acid groups (broad SMARTS) is 1. The van der Waals surface area contributed by atoms with Crippen molar-refractivity contribution in [1.29, 1.82) is 0 Å². The fourth-order valence-corrected chi connectivity index (χ4v) is 2.92. The van der Waals surface area contributed by atoms with Crippen LogP contribution in [0.1, 0.15) is 50.7 Å². The number of benzene rings is 2. The summed E-state index contributed by atoms with van der Waals surface area (Å²) in [5, 5.41) is 9.67. The molecule has 0 amide bonds. The maximum Gasteiger partial charge on any atom is 0.336 e. The third-order valence-electron chi connectivity index (χ3n) is 4.47. The molecule has 1 N–H and O–H groups in total. The Morgan fingerprint density at radius 3 is 2.34 bits per heavy atom. The number of methoxy groups -OCH3 is 1. The number of aliphatic carboxylic acids is 1. The zero-order valence-corrected chi connectivity index (χ0v) is 17.4. The lowest BCUT2D eigenvalue weighted by Gasteiger charge is -2.13. The lowest BCUT2D eigenvalue weighted by atomic mass is 10.0. The minimum absolute atomic E-state index is 0.198. The lowest BCUT2D eigenvalue weighted by Crippen LogP contribution is -2.02. The Morgan fingerprint density at radius 1 is 0.966 bits per heavy atom. The smallest absolute Gasteiger partial charge is 0.336 e. The third kappa shape index (κ3) is 6.86. The summed E-state index contributed by atoms with van der Waals surface area (Å²) in [6.45, 7) is 5.23. The molecule has 29 heavy (non-hydrogen) atoms. The summed E-state index contributed by atoms with van der Waals surface area (Å²) in [6, 6.07) is 12.4. The summed E-state index contributed by atoms with van der Waals surface area (Å²) in [4.78, 5) is 11.8. The van der Waals surface area contributed by atoms with E-state index in [2.05, 4.69) is 6.92 Å². The van der Waals surface area contributed by atoms with Gasteiger partial charge in [-0.25, -0.2) is 4.79 Å². The SMILES string of the molecule is CCCCCCOc1ccc(/C=C(\C(=O)O)c2ccc(OC)cc2)cc1OCC. The van der Waals surface area contributed by atoms with Crippen molar-refractivity contribution >= 4 is 17.6 Å². The van der Waals surface area contributed by atoms with E-state index in [-0.39, 0.29) is 5.57 Å². The third-order valence-corrected chi connectivity index (χ3v) is 4.47. The van der Waals surface area contributed by atoms with Crippen molar-refractivity contribution in [3.05, 3.63) is 53.6 Å². The topological polar surface area (TPSA) is 65.0 Å². The van der Waals surface area contributed by atoms with Gasteiger partial charge in [0.05, 0.1) is 25.9 Å². The molecule has 2 aromatic carbocycles. The number of hydrogen-bond donors (Lipinski definition) is 1. The maximum absolute atomic E-state index is 11.8. The molecule has 0 aliphatic heterocycles.